The summed E-state index contributed by atoms with van der Waals surface area (Å²) < 4.78 is 40.9. The van der Waals surface area contributed by atoms with Crippen molar-refractivity contribution >= 4 is 5.97 Å². The number of hydrogen-bond donors (Lipinski definition) is 1. The zero-order valence-corrected chi connectivity index (χ0v) is 10.3. The Morgan fingerprint density at radius 1 is 1.45 bits per heavy atom. The predicted molar refractivity (Wildman–Crippen MR) is 59.0 cm³/mol. The van der Waals surface area contributed by atoms with E-state index in [0.717, 1.165) is 0 Å². The van der Waals surface area contributed by atoms with Crippen LogP contribution in [-0.4, -0.2) is 35.6 Å². The second-order valence-corrected chi connectivity index (χ2v) is 3.92. The van der Waals surface area contributed by atoms with Crippen molar-refractivity contribution in [1.29, 1.82) is 0 Å². The lowest BCUT2D eigenvalue weighted by atomic mass is 10.3. The van der Waals surface area contributed by atoms with E-state index < -0.39 is 23.5 Å². The molecular weight excluding hydrogens is 279 g/mol. The van der Waals surface area contributed by atoms with Crippen molar-refractivity contribution in [2.24, 2.45) is 0 Å². The van der Waals surface area contributed by atoms with Crippen molar-refractivity contribution in [3.8, 4) is 0 Å². The van der Waals surface area contributed by atoms with Gasteiger partial charge in [-0.05, 0) is 6.92 Å². The summed E-state index contributed by atoms with van der Waals surface area (Å²) in [6.45, 7) is 2.07. The Labute approximate surface area is 110 Å². The van der Waals surface area contributed by atoms with Gasteiger partial charge in [-0.2, -0.15) is 13.2 Å². The average molecular weight is 289 g/mol. The number of carboxylic acids is 1. The first kappa shape index (κ1) is 14.0. The van der Waals surface area contributed by atoms with Gasteiger partial charge in [0, 0.05) is 6.54 Å². The number of hydrogen-bond acceptors (Lipinski definition) is 4. The van der Waals surface area contributed by atoms with Crippen LogP contribution in [0.25, 0.3) is 0 Å². The zero-order valence-electron chi connectivity index (χ0n) is 10.3. The van der Waals surface area contributed by atoms with Crippen LogP contribution in [0.3, 0.4) is 0 Å². The van der Waals surface area contributed by atoms with Gasteiger partial charge in [-0.25, -0.2) is 14.5 Å². The molecule has 2 rings (SSSR count). The summed E-state index contributed by atoms with van der Waals surface area (Å²) in [4.78, 5) is 14.6. The van der Waals surface area contributed by atoms with Gasteiger partial charge in [-0.15, -0.1) is 5.10 Å². The fraction of sp³-hybridized carbons (Fsp3) is 0.400. The Bertz CT molecular complexity index is 631. The van der Waals surface area contributed by atoms with Crippen LogP contribution < -0.4 is 0 Å². The molecule has 2 aromatic rings. The number of aryl methyl sites for hydroxylation is 1. The number of imidazole rings is 1. The van der Waals surface area contributed by atoms with E-state index in [2.05, 4.69) is 15.3 Å². The Morgan fingerprint density at radius 2 is 2.15 bits per heavy atom. The molecule has 108 valence electrons. The molecular formula is C10H10F3N5O2. The lowest BCUT2D eigenvalue weighted by molar-refractivity contribution is -0.144. The largest absolute Gasteiger partial charge is 0.476 e. The van der Waals surface area contributed by atoms with E-state index >= 15 is 0 Å². The molecule has 0 aliphatic heterocycles. The highest BCUT2D eigenvalue weighted by atomic mass is 19.4. The van der Waals surface area contributed by atoms with Crippen LogP contribution in [0.4, 0.5) is 13.2 Å². The van der Waals surface area contributed by atoms with Crippen molar-refractivity contribution in [3.05, 3.63) is 29.6 Å². The number of nitrogens with zero attached hydrogens (tertiary/aromatic N) is 5. The molecule has 0 spiro atoms. The van der Waals surface area contributed by atoms with E-state index in [-0.39, 0.29) is 6.54 Å². The Kier molecular flexibility index (Phi) is 3.47. The zero-order chi connectivity index (χ0) is 14.9. The first-order chi connectivity index (χ1) is 9.34. The normalized spacial score (nSPS) is 11.8. The third-order valence-electron chi connectivity index (χ3n) is 2.66. The molecule has 0 saturated heterocycles. The van der Waals surface area contributed by atoms with Crippen molar-refractivity contribution in [1.82, 2.24) is 24.5 Å². The van der Waals surface area contributed by atoms with Crippen LogP contribution >= 0.6 is 0 Å². The number of aromatic nitrogens is 5. The second kappa shape index (κ2) is 4.94. The Balaban J connectivity index is 2.45. The maximum absolute atomic E-state index is 12.9. The molecule has 0 atom stereocenters. The first-order valence-electron chi connectivity index (χ1n) is 5.57. The van der Waals surface area contributed by atoms with Gasteiger partial charge >= 0.3 is 12.1 Å². The maximum Gasteiger partial charge on any atom is 0.435 e. The van der Waals surface area contributed by atoms with Crippen molar-refractivity contribution in [3.63, 3.8) is 0 Å². The molecule has 0 unspecified atom stereocenters. The van der Waals surface area contributed by atoms with Crippen LogP contribution in [0.5, 0.6) is 0 Å². The predicted octanol–water partition coefficient (Wildman–Crippen LogP) is 1.26. The molecule has 0 aliphatic carbocycles. The molecule has 0 saturated carbocycles. The summed E-state index contributed by atoms with van der Waals surface area (Å²) in [5, 5.41) is 15.1. The molecule has 7 nitrogen and oxygen atoms in total. The van der Waals surface area contributed by atoms with E-state index in [0.29, 0.717) is 16.9 Å². The molecule has 0 fully saturated rings. The molecule has 10 heteroatoms. The van der Waals surface area contributed by atoms with E-state index in [1.807, 2.05) is 0 Å². The standard InChI is InChI=1S/C10H10F3N5O2/c1-2-17-5-14-3-6(17)4-18-8(10(11,12)13)7(9(19)20)15-16-18/h3,5H,2,4H2,1H3,(H,19,20). The molecule has 2 aromatic heterocycles. The van der Waals surface area contributed by atoms with Crippen LogP contribution in [-0.2, 0) is 19.3 Å². The molecule has 0 aromatic carbocycles. The SMILES string of the molecule is CCn1cncc1Cn1nnc(C(=O)O)c1C(F)(F)F. The summed E-state index contributed by atoms with van der Waals surface area (Å²) >= 11 is 0. The van der Waals surface area contributed by atoms with Crippen molar-refractivity contribution in [2.45, 2.75) is 26.2 Å². The van der Waals surface area contributed by atoms with Gasteiger partial charge in [0.25, 0.3) is 0 Å². The number of alkyl halides is 3. The van der Waals surface area contributed by atoms with Crippen molar-refractivity contribution in [2.75, 3.05) is 0 Å². The lowest BCUT2D eigenvalue weighted by Crippen LogP contribution is -2.19. The fourth-order valence-corrected chi connectivity index (χ4v) is 1.77. The minimum atomic E-state index is -4.85. The highest BCUT2D eigenvalue weighted by Gasteiger charge is 2.41. The van der Waals surface area contributed by atoms with Gasteiger partial charge in [0.2, 0.25) is 5.69 Å². The fourth-order valence-electron chi connectivity index (χ4n) is 1.77. The number of carbonyl (C=O) groups is 1. The minimum Gasteiger partial charge on any atom is -0.476 e. The molecule has 1 N–H and O–H groups in total. The van der Waals surface area contributed by atoms with Gasteiger partial charge in [0.05, 0.1) is 24.8 Å². The molecule has 20 heavy (non-hydrogen) atoms. The van der Waals surface area contributed by atoms with Gasteiger partial charge in [0.15, 0.2) is 5.69 Å². The third-order valence-corrected chi connectivity index (χ3v) is 2.66. The van der Waals surface area contributed by atoms with Crippen LogP contribution in [0.2, 0.25) is 0 Å². The van der Waals surface area contributed by atoms with E-state index in [4.69, 9.17) is 5.11 Å². The summed E-state index contributed by atoms with van der Waals surface area (Å²) in [6.07, 6.45) is -1.99. The van der Waals surface area contributed by atoms with Crippen LogP contribution in [0.1, 0.15) is 28.8 Å². The van der Waals surface area contributed by atoms with Crippen LogP contribution in [0.15, 0.2) is 12.5 Å². The quantitative estimate of drug-likeness (QED) is 0.915. The Hall–Kier alpha value is -2.39. The maximum atomic E-state index is 12.9. The van der Waals surface area contributed by atoms with Crippen LogP contribution in [0, 0.1) is 0 Å². The second-order valence-electron chi connectivity index (χ2n) is 3.92. The lowest BCUT2D eigenvalue weighted by Gasteiger charge is -2.10. The Morgan fingerprint density at radius 3 is 2.70 bits per heavy atom. The number of rotatable bonds is 4. The van der Waals surface area contributed by atoms with Gasteiger partial charge in [-0.3, -0.25) is 0 Å². The highest BCUT2D eigenvalue weighted by Crippen LogP contribution is 2.31. The van der Waals surface area contributed by atoms with Gasteiger partial charge in [-0.1, -0.05) is 5.21 Å². The molecule has 0 amide bonds. The molecule has 0 bridgehead atoms. The van der Waals surface area contributed by atoms with E-state index in [1.54, 1.807) is 11.5 Å². The van der Waals surface area contributed by atoms with E-state index in [9.17, 15) is 18.0 Å². The van der Waals surface area contributed by atoms with Gasteiger partial charge < -0.3 is 9.67 Å². The number of halogens is 3. The van der Waals surface area contributed by atoms with E-state index in [1.165, 1.54) is 12.5 Å². The molecule has 2 heterocycles. The third kappa shape index (κ3) is 2.49. The average Bonchev–Trinajstić information content (AvgIpc) is 2.94. The monoisotopic (exact) mass is 289 g/mol. The van der Waals surface area contributed by atoms with Gasteiger partial charge in [0.1, 0.15) is 0 Å². The summed E-state index contributed by atoms with van der Waals surface area (Å²) in [7, 11) is 0. The number of aromatic carboxylic acids is 1. The smallest absolute Gasteiger partial charge is 0.435 e. The molecule has 0 radical (unpaired) electrons. The first-order valence-corrected chi connectivity index (χ1v) is 5.57. The molecule has 0 aliphatic rings. The highest BCUT2D eigenvalue weighted by molar-refractivity contribution is 5.86. The summed E-state index contributed by atoms with van der Waals surface area (Å²) in [5.74, 6) is -1.77. The summed E-state index contributed by atoms with van der Waals surface area (Å²) in [6, 6.07) is 0. The summed E-state index contributed by atoms with van der Waals surface area (Å²) in [5.41, 5.74) is -2.02. The van der Waals surface area contributed by atoms with Crippen molar-refractivity contribution < 1.29 is 23.1 Å². The number of carboxylic acid groups (broad SMARTS) is 1. The minimum absolute atomic E-state index is 0.261. The topological polar surface area (TPSA) is 85.8 Å².